The average molecular weight is 322 g/mol. The molecule has 0 spiro atoms. The van der Waals surface area contributed by atoms with E-state index >= 15 is 0 Å². The number of rotatable bonds is 4. The lowest BCUT2D eigenvalue weighted by molar-refractivity contribution is -0.133. The van der Waals surface area contributed by atoms with Crippen LogP contribution >= 0.6 is 0 Å². The molecule has 1 aromatic heterocycles. The molecule has 0 saturated carbocycles. The Labute approximate surface area is 140 Å². The number of ether oxygens (including phenoxy) is 2. The van der Waals surface area contributed by atoms with E-state index in [0.717, 1.165) is 35.1 Å². The van der Waals surface area contributed by atoms with E-state index in [2.05, 4.69) is 12.1 Å². The summed E-state index contributed by atoms with van der Waals surface area (Å²) in [5.74, 6) is 0.933. The van der Waals surface area contributed by atoms with Gasteiger partial charge in [-0.3, -0.25) is 4.79 Å². The summed E-state index contributed by atoms with van der Waals surface area (Å²) in [7, 11) is 1.60. The van der Waals surface area contributed by atoms with E-state index < -0.39 is 0 Å². The number of methoxy groups -OCH3 is 1. The van der Waals surface area contributed by atoms with Gasteiger partial charge in [-0.15, -0.1) is 0 Å². The van der Waals surface area contributed by atoms with Crippen LogP contribution in [-0.2, 0) is 24.1 Å². The molecule has 4 rings (SSSR count). The van der Waals surface area contributed by atoms with Crippen LogP contribution in [0.3, 0.4) is 0 Å². The van der Waals surface area contributed by atoms with Crippen LogP contribution in [0.1, 0.15) is 23.1 Å². The minimum absolute atomic E-state index is 0.192. The van der Waals surface area contributed by atoms with Gasteiger partial charge in [-0.2, -0.15) is 0 Å². The first-order chi connectivity index (χ1) is 11.7. The molecule has 0 N–H and O–H groups in total. The average Bonchev–Trinajstić information content (AvgIpc) is 3.20. The van der Waals surface area contributed by atoms with E-state index in [-0.39, 0.29) is 12.4 Å². The maximum atomic E-state index is 12.2. The smallest absolute Gasteiger partial charge is 0.315 e. The predicted octanol–water partition coefficient (Wildman–Crippen LogP) is 4.08. The number of carbonyl (C=O) groups excluding carboxylic acids is 1. The second-order valence-corrected chi connectivity index (χ2v) is 6.06. The lowest BCUT2D eigenvalue weighted by atomic mass is 10.0. The summed E-state index contributed by atoms with van der Waals surface area (Å²) in [6, 6.07) is 11.2. The Morgan fingerprint density at radius 1 is 1.08 bits per heavy atom. The molecule has 122 valence electrons. The number of furan rings is 1. The van der Waals surface area contributed by atoms with Crippen molar-refractivity contribution in [2.75, 3.05) is 7.11 Å². The number of esters is 1. The summed E-state index contributed by atoms with van der Waals surface area (Å²) >= 11 is 0. The number of hydrogen-bond donors (Lipinski definition) is 0. The fourth-order valence-corrected chi connectivity index (χ4v) is 3.25. The van der Waals surface area contributed by atoms with Gasteiger partial charge in [0, 0.05) is 10.9 Å². The number of aryl methyl sites for hydroxylation is 2. The highest BCUT2D eigenvalue weighted by molar-refractivity contribution is 5.87. The maximum Gasteiger partial charge on any atom is 0.315 e. The topological polar surface area (TPSA) is 48.7 Å². The molecule has 4 heteroatoms. The quantitative estimate of drug-likeness (QED) is 0.536. The molecular formula is C20H18O4. The highest BCUT2D eigenvalue weighted by Gasteiger charge is 2.17. The third kappa shape index (κ3) is 2.75. The van der Waals surface area contributed by atoms with Crippen LogP contribution in [0.15, 0.2) is 47.1 Å². The Hall–Kier alpha value is -2.75. The first kappa shape index (κ1) is 14.8. The van der Waals surface area contributed by atoms with Gasteiger partial charge in [0.2, 0.25) is 0 Å². The highest BCUT2D eigenvalue weighted by atomic mass is 16.5. The van der Waals surface area contributed by atoms with Gasteiger partial charge in [-0.25, -0.2) is 0 Å². The van der Waals surface area contributed by atoms with Crippen molar-refractivity contribution in [1.29, 1.82) is 0 Å². The molecule has 3 aromatic rings. The van der Waals surface area contributed by atoms with E-state index in [1.807, 2.05) is 0 Å². The van der Waals surface area contributed by atoms with Crippen molar-refractivity contribution in [2.45, 2.75) is 25.7 Å². The van der Waals surface area contributed by atoms with Crippen molar-refractivity contribution in [3.63, 3.8) is 0 Å². The number of benzene rings is 2. The standard InChI is InChI=1S/C20H18O4/c1-22-16-5-7-17(8-6-16)24-20(21)11-15-12-23-19-10-14-4-2-3-13(14)9-18(15)19/h5-10,12H,2-4,11H2,1H3. The van der Waals surface area contributed by atoms with Crippen molar-refractivity contribution in [3.05, 3.63) is 59.4 Å². The molecule has 1 aliphatic rings. The Morgan fingerprint density at radius 3 is 2.54 bits per heavy atom. The largest absolute Gasteiger partial charge is 0.497 e. The zero-order chi connectivity index (χ0) is 16.5. The molecule has 24 heavy (non-hydrogen) atoms. The van der Waals surface area contributed by atoms with Crippen LogP contribution in [0.5, 0.6) is 11.5 Å². The second-order valence-electron chi connectivity index (χ2n) is 6.06. The molecule has 0 atom stereocenters. The van der Waals surface area contributed by atoms with Crippen LogP contribution in [0, 0.1) is 0 Å². The zero-order valence-corrected chi connectivity index (χ0v) is 13.5. The first-order valence-electron chi connectivity index (χ1n) is 8.09. The van der Waals surface area contributed by atoms with Crippen LogP contribution in [0.2, 0.25) is 0 Å². The maximum absolute atomic E-state index is 12.2. The molecule has 0 bridgehead atoms. The molecule has 4 nitrogen and oxygen atoms in total. The molecule has 0 aliphatic heterocycles. The Balaban J connectivity index is 1.52. The van der Waals surface area contributed by atoms with Crippen LogP contribution in [0.25, 0.3) is 11.0 Å². The van der Waals surface area contributed by atoms with Gasteiger partial charge in [0.1, 0.15) is 17.1 Å². The van der Waals surface area contributed by atoms with Crippen molar-refractivity contribution >= 4 is 16.9 Å². The Morgan fingerprint density at radius 2 is 1.79 bits per heavy atom. The molecule has 1 aliphatic carbocycles. The molecule has 2 aromatic carbocycles. The summed E-state index contributed by atoms with van der Waals surface area (Å²) < 4.78 is 16.1. The molecule has 0 saturated heterocycles. The van der Waals surface area contributed by atoms with Gasteiger partial charge in [0.15, 0.2) is 0 Å². The molecule has 1 heterocycles. The van der Waals surface area contributed by atoms with Gasteiger partial charge < -0.3 is 13.9 Å². The minimum Gasteiger partial charge on any atom is -0.497 e. The van der Waals surface area contributed by atoms with Gasteiger partial charge in [-0.1, -0.05) is 0 Å². The number of hydrogen-bond acceptors (Lipinski definition) is 4. The monoisotopic (exact) mass is 322 g/mol. The molecule has 0 unspecified atom stereocenters. The molecule has 0 fully saturated rings. The fraction of sp³-hybridized carbons (Fsp3) is 0.250. The summed E-state index contributed by atoms with van der Waals surface area (Å²) in [6.07, 6.45) is 5.26. The SMILES string of the molecule is COc1ccc(OC(=O)Cc2coc3cc4c(cc23)CCC4)cc1. The zero-order valence-electron chi connectivity index (χ0n) is 13.5. The van der Waals surface area contributed by atoms with E-state index in [9.17, 15) is 4.79 Å². The summed E-state index contributed by atoms with van der Waals surface area (Å²) in [5.41, 5.74) is 4.46. The van der Waals surface area contributed by atoms with E-state index in [0.29, 0.717) is 5.75 Å². The van der Waals surface area contributed by atoms with Crippen molar-refractivity contribution in [2.24, 2.45) is 0 Å². The van der Waals surface area contributed by atoms with E-state index in [1.165, 1.54) is 17.5 Å². The predicted molar refractivity (Wildman–Crippen MR) is 90.6 cm³/mol. The first-order valence-corrected chi connectivity index (χ1v) is 8.09. The van der Waals surface area contributed by atoms with Gasteiger partial charge >= 0.3 is 5.97 Å². The lowest BCUT2D eigenvalue weighted by Crippen LogP contribution is -2.10. The fourth-order valence-electron chi connectivity index (χ4n) is 3.25. The van der Waals surface area contributed by atoms with Gasteiger partial charge in [0.05, 0.1) is 19.8 Å². The Bertz CT molecular complexity index is 890. The third-order valence-corrected chi connectivity index (χ3v) is 4.49. The minimum atomic E-state index is -0.302. The second kappa shape index (κ2) is 6.04. The lowest BCUT2D eigenvalue weighted by Gasteiger charge is -2.05. The van der Waals surface area contributed by atoms with Crippen molar-refractivity contribution in [1.82, 2.24) is 0 Å². The van der Waals surface area contributed by atoms with E-state index in [1.54, 1.807) is 37.6 Å². The van der Waals surface area contributed by atoms with Gasteiger partial charge in [0.25, 0.3) is 0 Å². The highest BCUT2D eigenvalue weighted by Crippen LogP contribution is 2.30. The normalized spacial score (nSPS) is 13.0. The number of fused-ring (bicyclic) bond motifs is 2. The van der Waals surface area contributed by atoms with Crippen molar-refractivity contribution < 1.29 is 18.7 Å². The summed E-state index contributed by atoms with van der Waals surface area (Å²) in [6.45, 7) is 0. The molecule has 0 radical (unpaired) electrons. The Kier molecular flexibility index (Phi) is 3.73. The van der Waals surface area contributed by atoms with Crippen LogP contribution in [0.4, 0.5) is 0 Å². The summed E-state index contributed by atoms with van der Waals surface area (Å²) in [5, 5.41) is 1.02. The van der Waals surface area contributed by atoms with Crippen LogP contribution < -0.4 is 9.47 Å². The number of carbonyl (C=O) groups is 1. The molecule has 0 amide bonds. The summed E-state index contributed by atoms with van der Waals surface area (Å²) in [4.78, 5) is 12.2. The van der Waals surface area contributed by atoms with Gasteiger partial charge in [-0.05, 0) is 66.8 Å². The van der Waals surface area contributed by atoms with Crippen molar-refractivity contribution in [3.8, 4) is 11.5 Å². The third-order valence-electron chi connectivity index (χ3n) is 4.49. The van der Waals surface area contributed by atoms with Crippen LogP contribution in [-0.4, -0.2) is 13.1 Å². The molecular weight excluding hydrogens is 304 g/mol. The van der Waals surface area contributed by atoms with E-state index in [4.69, 9.17) is 13.9 Å².